The topological polar surface area (TPSA) is 87.2 Å². The molecule has 0 unspecified atom stereocenters. The normalized spacial score (nSPS) is 10.6. The zero-order valence-corrected chi connectivity index (χ0v) is 15.3. The number of aromatic nitrogens is 2. The predicted molar refractivity (Wildman–Crippen MR) is 101 cm³/mol. The summed E-state index contributed by atoms with van der Waals surface area (Å²) in [4.78, 5) is 12.4. The summed E-state index contributed by atoms with van der Waals surface area (Å²) in [5.74, 6) is 0.278. The number of anilines is 1. The van der Waals surface area contributed by atoms with Gasteiger partial charge in [-0.3, -0.25) is 9.89 Å². The van der Waals surface area contributed by atoms with E-state index in [1.165, 1.54) is 7.11 Å². The summed E-state index contributed by atoms with van der Waals surface area (Å²) in [5.41, 5.74) is 3.87. The number of methoxy groups -OCH3 is 1. The largest absolute Gasteiger partial charge is 0.507 e. The Bertz CT molecular complexity index is 982. The summed E-state index contributed by atoms with van der Waals surface area (Å²) in [6.45, 7) is 3.87. The molecule has 0 fully saturated rings. The van der Waals surface area contributed by atoms with Gasteiger partial charge in [0.15, 0.2) is 0 Å². The van der Waals surface area contributed by atoms with Gasteiger partial charge in [-0.15, -0.1) is 0 Å². The number of nitrogens with zero attached hydrogens (tertiary/aromatic N) is 1. The fraction of sp³-hybridized carbons (Fsp3) is 0.158. The summed E-state index contributed by atoms with van der Waals surface area (Å²) >= 11 is 6.06. The minimum Gasteiger partial charge on any atom is -0.507 e. The van der Waals surface area contributed by atoms with E-state index < -0.39 is 0 Å². The lowest BCUT2D eigenvalue weighted by Gasteiger charge is -2.07. The number of aromatic amines is 1. The van der Waals surface area contributed by atoms with Crippen LogP contribution in [0.15, 0.2) is 36.4 Å². The van der Waals surface area contributed by atoms with Crippen LogP contribution in [0.5, 0.6) is 11.5 Å². The number of nitrogens with one attached hydrogen (secondary N) is 2. The number of H-pyrrole nitrogens is 1. The van der Waals surface area contributed by atoms with Crippen LogP contribution in [0.1, 0.15) is 21.6 Å². The van der Waals surface area contributed by atoms with Crippen LogP contribution < -0.4 is 10.1 Å². The van der Waals surface area contributed by atoms with E-state index in [4.69, 9.17) is 16.3 Å². The molecule has 0 aliphatic rings. The van der Waals surface area contributed by atoms with Gasteiger partial charge in [0.1, 0.15) is 17.2 Å². The second-order valence-electron chi connectivity index (χ2n) is 5.92. The molecule has 0 radical (unpaired) electrons. The maximum atomic E-state index is 12.4. The molecule has 1 amide bonds. The zero-order chi connectivity index (χ0) is 18.8. The molecule has 0 atom stereocenters. The van der Waals surface area contributed by atoms with Gasteiger partial charge in [0.2, 0.25) is 0 Å². The van der Waals surface area contributed by atoms with Crippen LogP contribution in [-0.2, 0) is 0 Å². The third-order valence-electron chi connectivity index (χ3n) is 4.12. The number of phenols is 1. The Morgan fingerprint density at radius 1 is 1.19 bits per heavy atom. The number of ether oxygens (including phenoxy) is 1. The Morgan fingerprint density at radius 3 is 2.62 bits per heavy atom. The molecule has 7 heteroatoms. The number of hydrogen-bond donors (Lipinski definition) is 3. The van der Waals surface area contributed by atoms with E-state index in [-0.39, 0.29) is 17.4 Å². The van der Waals surface area contributed by atoms with Crippen LogP contribution in [0.4, 0.5) is 5.69 Å². The molecule has 3 rings (SSSR count). The van der Waals surface area contributed by atoms with Crippen molar-refractivity contribution in [3.05, 3.63) is 58.2 Å². The van der Waals surface area contributed by atoms with Crippen LogP contribution in [0.3, 0.4) is 0 Å². The lowest BCUT2D eigenvalue weighted by atomic mass is 10.0. The van der Waals surface area contributed by atoms with Gasteiger partial charge in [0.05, 0.1) is 17.8 Å². The van der Waals surface area contributed by atoms with Crippen molar-refractivity contribution in [2.24, 2.45) is 0 Å². The summed E-state index contributed by atoms with van der Waals surface area (Å²) < 4.78 is 5.09. The second kappa shape index (κ2) is 7.09. The highest BCUT2D eigenvalue weighted by molar-refractivity contribution is 6.32. The van der Waals surface area contributed by atoms with E-state index in [9.17, 15) is 9.90 Å². The number of amides is 1. The first-order valence-corrected chi connectivity index (χ1v) is 8.27. The number of carbonyl (C=O) groups is 1. The molecule has 26 heavy (non-hydrogen) atoms. The molecule has 2 aromatic carbocycles. The monoisotopic (exact) mass is 371 g/mol. The molecule has 0 aliphatic carbocycles. The van der Waals surface area contributed by atoms with Crippen molar-refractivity contribution in [3.8, 4) is 22.8 Å². The first-order valence-electron chi connectivity index (χ1n) is 7.90. The Balaban J connectivity index is 1.82. The van der Waals surface area contributed by atoms with E-state index in [1.807, 2.05) is 19.9 Å². The lowest BCUT2D eigenvalue weighted by Crippen LogP contribution is -2.12. The molecule has 0 saturated carbocycles. The quantitative estimate of drug-likeness (QED) is 0.637. The van der Waals surface area contributed by atoms with E-state index >= 15 is 0 Å². The van der Waals surface area contributed by atoms with Crippen molar-refractivity contribution in [1.82, 2.24) is 10.2 Å². The predicted octanol–water partition coefficient (Wildman–Crippen LogP) is 4.31. The maximum Gasteiger partial charge on any atom is 0.273 e. The number of benzene rings is 2. The van der Waals surface area contributed by atoms with Crippen LogP contribution in [0.25, 0.3) is 11.3 Å². The minimum absolute atomic E-state index is 0.119. The SMILES string of the molecule is COc1ccc(NC(=O)c2cc(-c3cc(C)c(C)cc3O)n[nH]2)cc1Cl. The van der Waals surface area contributed by atoms with Gasteiger partial charge in [-0.2, -0.15) is 5.10 Å². The average molecular weight is 372 g/mol. The van der Waals surface area contributed by atoms with Crippen LogP contribution in [0, 0.1) is 13.8 Å². The number of rotatable bonds is 4. The third-order valence-corrected chi connectivity index (χ3v) is 4.42. The molecule has 3 aromatic rings. The zero-order valence-electron chi connectivity index (χ0n) is 14.6. The molecule has 0 spiro atoms. The van der Waals surface area contributed by atoms with Crippen LogP contribution >= 0.6 is 11.6 Å². The van der Waals surface area contributed by atoms with Crippen LogP contribution in [-0.4, -0.2) is 28.3 Å². The molecule has 134 valence electrons. The van der Waals surface area contributed by atoms with E-state index in [0.29, 0.717) is 27.7 Å². The van der Waals surface area contributed by atoms with Crippen molar-refractivity contribution in [2.45, 2.75) is 13.8 Å². The van der Waals surface area contributed by atoms with Crippen molar-refractivity contribution in [1.29, 1.82) is 0 Å². The third kappa shape index (κ3) is 3.50. The minimum atomic E-state index is -0.367. The van der Waals surface area contributed by atoms with Crippen molar-refractivity contribution in [3.63, 3.8) is 0 Å². The number of phenolic OH excluding ortho intramolecular Hbond substituents is 1. The van der Waals surface area contributed by atoms with E-state index in [1.54, 1.807) is 30.3 Å². The summed E-state index contributed by atoms with van der Waals surface area (Å²) in [6, 6.07) is 10.1. The van der Waals surface area contributed by atoms with Crippen molar-refractivity contribution < 1.29 is 14.6 Å². The van der Waals surface area contributed by atoms with Gasteiger partial charge < -0.3 is 15.2 Å². The lowest BCUT2D eigenvalue weighted by molar-refractivity contribution is 0.102. The first-order chi connectivity index (χ1) is 12.4. The molecule has 1 aromatic heterocycles. The van der Waals surface area contributed by atoms with Gasteiger partial charge >= 0.3 is 0 Å². The van der Waals surface area contributed by atoms with Crippen LogP contribution in [0.2, 0.25) is 5.02 Å². The van der Waals surface area contributed by atoms with Gasteiger partial charge in [-0.05, 0) is 61.4 Å². The number of aromatic hydroxyl groups is 1. The summed E-state index contributed by atoms with van der Waals surface area (Å²) in [7, 11) is 1.52. The van der Waals surface area contributed by atoms with Gasteiger partial charge in [0.25, 0.3) is 5.91 Å². The second-order valence-corrected chi connectivity index (χ2v) is 6.33. The highest BCUT2D eigenvalue weighted by Crippen LogP contribution is 2.31. The van der Waals surface area contributed by atoms with Crippen molar-refractivity contribution >= 4 is 23.2 Å². The highest BCUT2D eigenvalue weighted by atomic mass is 35.5. The fourth-order valence-corrected chi connectivity index (χ4v) is 2.78. The Kier molecular flexibility index (Phi) is 4.86. The van der Waals surface area contributed by atoms with Gasteiger partial charge in [-0.25, -0.2) is 0 Å². The summed E-state index contributed by atoms with van der Waals surface area (Å²) in [6.07, 6.45) is 0. The maximum absolute atomic E-state index is 12.4. The Hall–Kier alpha value is -2.99. The Morgan fingerprint density at radius 2 is 1.92 bits per heavy atom. The number of halogens is 1. The number of aryl methyl sites for hydroxylation is 2. The van der Waals surface area contributed by atoms with E-state index in [0.717, 1.165) is 11.1 Å². The standard InChI is InChI=1S/C19H18ClN3O3/c1-10-6-13(17(24)7-11(10)2)15-9-16(23-22-15)19(25)21-12-4-5-18(26-3)14(20)8-12/h4-9,24H,1-3H3,(H,21,25)(H,22,23). The molecule has 1 heterocycles. The molecule has 3 N–H and O–H groups in total. The molecule has 0 aliphatic heterocycles. The molecule has 0 bridgehead atoms. The highest BCUT2D eigenvalue weighted by Gasteiger charge is 2.15. The molecule has 0 saturated heterocycles. The molecule has 6 nitrogen and oxygen atoms in total. The Labute approximate surface area is 155 Å². The fourth-order valence-electron chi connectivity index (χ4n) is 2.52. The number of hydrogen-bond acceptors (Lipinski definition) is 4. The molecular weight excluding hydrogens is 354 g/mol. The van der Waals surface area contributed by atoms with Gasteiger partial charge in [0, 0.05) is 11.3 Å². The van der Waals surface area contributed by atoms with Crippen molar-refractivity contribution in [2.75, 3.05) is 12.4 Å². The molecular formula is C19H18ClN3O3. The number of carbonyl (C=O) groups excluding carboxylic acids is 1. The van der Waals surface area contributed by atoms with E-state index in [2.05, 4.69) is 15.5 Å². The summed E-state index contributed by atoms with van der Waals surface area (Å²) in [5, 5.41) is 20.1. The smallest absolute Gasteiger partial charge is 0.273 e. The first kappa shape index (κ1) is 17.8. The average Bonchev–Trinajstić information content (AvgIpc) is 3.08. The van der Waals surface area contributed by atoms with Gasteiger partial charge in [-0.1, -0.05) is 11.6 Å².